The summed E-state index contributed by atoms with van der Waals surface area (Å²) < 4.78 is 1.13. The molecule has 0 aromatic heterocycles. The van der Waals surface area contributed by atoms with Crippen molar-refractivity contribution in [3.63, 3.8) is 0 Å². The van der Waals surface area contributed by atoms with Gasteiger partial charge in [0.2, 0.25) is 0 Å². The summed E-state index contributed by atoms with van der Waals surface area (Å²) in [6, 6.07) is 9.57. The third-order valence-electron chi connectivity index (χ3n) is 4.10. The molecule has 1 atom stereocenters. The number of halogens is 1. The van der Waals surface area contributed by atoms with E-state index in [1.165, 1.54) is 37.7 Å². The van der Waals surface area contributed by atoms with Crippen molar-refractivity contribution in [3.8, 4) is 0 Å². The molecular weight excluding hydrogens is 288 g/mol. The van der Waals surface area contributed by atoms with Gasteiger partial charge in [-0.15, -0.1) is 0 Å². The van der Waals surface area contributed by atoms with Crippen LogP contribution in [0.1, 0.15) is 43.7 Å². The van der Waals surface area contributed by atoms with Crippen molar-refractivity contribution in [2.75, 3.05) is 13.6 Å². The van der Waals surface area contributed by atoms with Crippen LogP contribution < -0.4 is 5.73 Å². The Labute approximate surface area is 119 Å². The molecule has 0 bridgehead atoms. The van der Waals surface area contributed by atoms with E-state index in [9.17, 15) is 0 Å². The summed E-state index contributed by atoms with van der Waals surface area (Å²) in [5.41, 5.74) is 7.32. The quantitative estimate of drug-likeness (QED) is 0.918. The Hall–Kier alpha value is -0.380. The van der Waals surface area contributed by atoms with E-state index in [0.717, 1.165) is 4.47 Å². The zero-order chi connectivity index (χ0) is 13.0. The van der Waals surface area contributed by atoms with Gasteiger partial charge in [0, 0.05) is 23.1 Å². The zero-order valence-electron chi connectivity index (χ0n) is 11.1. The van der Waals surface area contributed by atoms with Crippen LogP contribution in [0, 0.1) is 0 Å². The highest BCUT2D eigenvalue weighted by Crippen LogP contribution is 2.29. The van der Waals surface area contributed by atoms with Crippen molar-refractivity contribution in [2.45, 2.75) is 44.2 Å². The van der Waals surface area contributed by atoms with Crippen LogP contribution in [0.3, 0.4) is 0 Å². The Morgan fingerprint density at radius 2 is 2.06 bits per heavy atom. The topological polar surface area (TPSA) is 29.3 Å². The van der Waals surface area contributed by atoms with E-state index in [1.54, 1.807) is 0 Å². The summed E-state index contributed by atoms with van der Waals surface area (Å²) >= 11 is 3.55. The average Bonchev–Trinajstić information content (AvgIpc) is 2.40. The molecular formula is C15H23BrN2. The molecule has 1 fully saturated rings. The molecule has 0 aliphatic heterocycles. The van der Waals surface area contributed by atoms with Crippen LogP contribution in [0.15, 0.2) is 28.7 Å². The molecule has 0 spiro atoms. The van der Waals surface area contributed by atoms with E-state index in [0.29, 0.717) is 18.6 Å². The second-order valence-electron chi connectivity index (χ2n) is 5.26. The van der Waals surface area contributed by atoms with Crippen LogP contribution >= 0.6 is 15.9 Å². The number of benzene rings is 1. The van der Waals surface area contributed by atoms with Crippen molar-refractivity contribution in [1.29, 1.82) is 0 Å². The molecule has 2 nitrogen and oxygen atoms in total. The Bertz CT molecular complexity index is 375. The second kappa shape index (κ2) is 6.69. The lowest BCUT2D eigenvalue weighted by molar-refractivity contribution is 0.140. The van der Waals surface area contributed by atoms with Crippen molar-refractivity contribution >= 4 is 15.9 Å². The zero-order valence-corrected chi connectivity index (χ0v) is 12.7. The number of nitrogens with two attached hydrogens (primary N) is 1. The van der Waals surface area contributed by atoms with Crippen molar-refractivity contribution < 1.29 is 0 Å². The van der Waals surface area contributed by atoms with E-state index >= 15 is 0 Å². The lowest BCUT2D eigenvalue weighted by Crippen LogP contribution is -2.39. The maximum atomic E-state index is 6.01. The van der Waals surface area contributed by atoms with E-state index < -0.39 is 0 Å². The Morgan fingerprint density at radius 1 is 1.33 bits per heavy atom. The van der Waals surface area contributed by atoms with Crippen LogP contribution in [-0.2, 0) is 0 Å². The van der Waals surface area contributed by atoms with Gasteiger partial charge >= 0.3 is 0 Å². The molecule has 3 heteroatoms. The summed E-state index contributed by atoms with van der Waals surface area (Å²) in [5, 5.41) is 0. The van der Waals surface area contributed by atoms with Crippen molar-refractivity contribution in [1.82, 2.24) is 4.90 Å². The van der Waals surface area contributed by atoms with Crippen LogP contribution in [0.4, 0.5) is 0 Å². The maximum absolute atomic E-state index is 6.01. The molecule has 0 heterocycles. The van der Waals surface area contributed by atoms with E-state index in [2.05, 4.69) is 52.1 Å². The van der Waals surface area contributed by atoms with Crippen LogP contribution in [-0.4, -0.2) is 24.5 Å². The summed E-state index contributed by atoms with van der Waals surface area (Å²) in [6.07, 6.45) is 6.77. The monoisotopic (exact) mass is 310 g/mol. The average molecular weight is 311 g/mol. The third-order valence-corrected chi connectivity index (χ3v) is 4.59. The number of rotatable bonds is 4. The molecule has 1 aromatic carbocycles. The lowest BCUT2D eigenvalue weighted by Gasteiger charge is -2.37. The first-order chi connectivity index (χ1) is 8.72. The van der Waals surface area contributed by atoms with E-state index in [1.807, 2.05) is 0 Å². The van der Waals surface area contributed by atoms with Crippen LogP contribution in [0.2, 0.25) is 0 Å². The molecule has 1 saturated carbocycles. The maximum Gasteiger partial charge on any atom is 0.0470 e. The van der Waals surface area contributed by atoms with Gasteiger partial charge in [-0.05, 0) is 37.6 Å². The van der Waals surface area contributed by atoms with Gasteiger partial charge in [-0.2, -0.15) is 0 Å². The smallest absolute Gasteiger partial charge is 0.0470 e. The van der Waals surface area contributed by atoms with Gasteiger partial charge in [0.25, 0.3) is 0 Å². The van der Waals surface area contributed by atoms with Gasteiger partial charge in [-0.25, -0.2) is 0 Å². The molecule has 1 unspecified atom stereocenters. The number of nitrogens with zero attached hydrogens (tertiary/aromatic N) is 1. The normalized spacial score (nSPS) is 19.1. The summed E-state index contributed by atoms with van der Waals surface area (Å²) in [7, 11) is 2.23. The predicted octanol–water partition coefficient (Wildman–Crippen LogP) is 3.71. The minimum atomic E-state index is 0.339. The predicted molar refractivity (Wildman–Crippen MR) is 80.6 cm³/mol. The van der Waals surface area contributed by atoms with Gasteiger partial charge in [-0.3, -0.25) is 4.90 Å². The summed E-state index contributed by atoms with van der Waals surface area (Å²) in [4.78, 5) is 2.49. The second-order valence-corrected chi connectivity index (χ2v) is 6.18. The van der Waals surface area contributed by atoms with Gasteiger partial charge < -0.3 is 5.73 Å². The van der Waals surface area contributed by atoms with E-state index in [4.69, 9.17) is 5.73 Å². The number of likely N-dealkylation sites (N-methyl/N-ethyl adjacent to an activating group) is 1. The summed E-state index contributed by atoms with van der Waals surface area (Å²) in [6.45, 7) is 0.684. The molecule has 0 saturated heterocycles. The highest BCUT2D eigenvalue weighted by molar-refractivity contribution is 9.10. The molecule has 0 radical (unpaired) electrons. The lowest BCUT2D eigenvalue weighted by atomic mass is 9.92. The van der Waals surface area contributed by atoms with Crippen molar-refractivity contribution in [2.24, 2.45) is 5.73 Å². The molecule has 100 valence electrons. The molecule has 18 heavy (non-hydrogen) atoms. The molecule has 1 aliphatic rings. The molecule has 1 aliphatic carbocycles. The Balaban J connectivity index is 2.11. The standard InChI is InChI=1S/C15H23BrN2/c1-18(14-8-3-2-4-9-14)15(11-17)12-6-5-7-13(16)10-12/h5-7,10,14-15H,2-4,8-9,11,17H2,1H3. The molecule has 1 aromatic rings. The van der Waals surface area contributed by atoms with Crippen LogP contribution in [0.25, 0.3) is 0 Å². The van der Waals surface area contributed by atoms with Crippen molar-refractivity contribution in [3.05, 3.63) is 34.3 Å². The van der Waals surface area contributed by atoms with Gasteiger partial charge in [-0.1, -0.05) is 47.3 Å². The summed E-state index contributed by atoms with van der Waals surface area (Å²) in [5.74, 6) is 0. The first kappa shape index (κ1) is 14.0. The van der Waals surface area contributed by atoms with Gasteiger partial charge in [0.05, 0.1) is 0 Å². The first-order valence-electron chi connectivity index (χ1n) is 6.90. The van der Waals surface area contributed by atoms with Gasteiger partial charge in [0.1, 0.15) is 0 Å². The Kier molecular flexibility index (Phi) is 5.22. The molecule has 2 rings (SSSR count). The van der Waals surface area contributed by atoms with E-state index in [-0.39, 0.29) is 0 Å². The molecule has 0 amide bonds. The third kappa shape index (κ3) is 3.34. The fourth-order valence-electron chi connectivity index (χ4n) is 2.99. The fourth-order valence-corrected chi connectivity index (χ4v) is 3.41. The largest absolute Gasteiger partial charge is 0.329 e. The minimum Gasteiger partial charge on any atom is -0.329 e. The number of hydrogen-bond donors (Lipinski definition) is 1. The highest BCUT2D eigenvalue weighted by atomic mass is 79.9. The highest BCUT2D eigenvalue weighted by Gasteiger charge is 2.24. The molecule has 2 N–H and O–H groups in total. The first-order valence-corrected chi connectivity index (χ1v) is 7.69. The minimum absolute atomic E-state index is 0.339. The SMILES string of the molecule is CN(C1CCCCC1)C(CN)c1cccc(Br)c1. The number of hydrogen-bond acceptors (Lipinski definition) is 2. The van der Waals surface area contributed by atoms with Gasteiger partial charge in [0.15, 0.2) is 0 Å². The Morgan fingerprint density at radius 3 is 2.67 bits per heavy atom. The van der Waals surface area contributed by atoms with Crippen LogP contribution in [0.5, 0.6) is 0 Å². The fraction of sp³-hybridized carbons (Fsp3) is 0.600.